The van der Waals surface area contributed by atoms with Crippen molar-refractivity contribution < 1.29 is 4.74 Å². The van der Waals surface area contributed by atoms with Gasteiger partial charge < -0.3 is 10.1 Å². The smallest absolute Gasteiger partial charge is 0.300 e. The van der Waals surface area contributed by atoms with E-state index < -0.39 is 0 Å². The zero-order chi connectivity index (χ0) is 20.7. The molecule has 1 aromatic heterocycles. The molecule has 6 heteroatoms. The largest absolute Gasteiger partial charge is 0.496 e. The number of nitrogens with one attached hydrogen (secondary N) is 1. The molecule has 0 unspecified atom stereocenters. The summed E-state index contributed by atoms with van der Waals surface area (Å²) in [6.07, 6.45) is -0.372. The third-order valence-electron chi connectivity index (χ3n) is 5.30. The Hall–Kier alpha value is -3.93. The molecule has 1 aliphatic heterocycles. The summed E-state index contributed by atoms with van der Waals surface area (Å²) in [5, 5.41) is 8.30. The van der Waals surface area contributed by atoms with Gasteiger partial charge in [0, 0.05) is 22.4 Å². The lowest BCUT2D eigenvalue weighted by Crippen LogP contribution is -2.32. The molecule has 4 aromatic rings. The van der Waals surface area contributed by atoms with Crippen LogP contribution in [-0.2, 0) is 0 Å². The van der Waals surface area contributed by atoms with Crippen LogP contribution in [0.1, 0.15) is 17.3 Å². The zero-order valence-corrected chi connectivity index (χ0v) is 16.7. The van der Waals surface area contributed by atoms with E-state index in [1.165, 1.54) is 0 Å². The lowest BCUT2D eigenvalue weighted by molar-refractivity contribution is 0.400. The van der Waals surface area contributed by atoms with Gasteiger partial charge in [-0.1, -0.05) is 60.2 Å². The Balaban J connectivity index is 1.77. The lowest BCUT2D eigenvalue weighted by atomic mass is 10.0. The van der Waals surface area contributed by atoms with Crippen LogP contribution in [0.15, 0.2) is 77.6 Å². The summed E-state index contributed by atoms with van der Waals surface area (Å²) < 4.78 is 7.36. The van der Waals surface area contributed by atoms with E-state index >= 15 is 0 Å². The number of nitrogens with zero attached hydrogens (tertiary/aromatic N) is 3. The summed E-state index contributed by atoms with van der Waals surface area (Å²) in [6, 6.07) is 23.3. The highest BCUT2D eigenvalue weighted by atomic mass is 16.5. The highest BCUT2D eigenvalue weighted by molar-refractivity contribution is 5.77. The van der Waals surface area contributed by atoms with Crippen LogP contribution in [0.2, 0.25) is 0 Å². The molecule has 0 amide bonds. The number of aryl methyl sites for hydroxylation is 1. The summed E-state index contributed by atoms with van der Waals surface area (Å²) in [4.78, 5) is 17.4. The molecule has 0 radical (unpaired) electrons. The van der Waals surface area contributed by atoms with Gasteiger partial charge in [0.2, 0.25) is 0 Å². The molecule has 0 saturated heterocycles. The fourth-order valence-electron chi connectivity index (χ4n) is 3.77. The van der Waals surface area contributed by atoms with E-state index in [2.05, 4.69) is 10.3 Å². The van der Waals surface area contributed by atoms with Gasteiger partial charge in [0.15, 0.2) is 17.7 Å². The van der Waals surface area contributed by atoms with Crippen molar-refractivity contribution in [3.8, 4) is 28.4 Å². The Morgan fingerprint density at radius 1 is 0.967 bits per heavy atom. The molecule has 148 valence electrons. The van der Waals surface area contributed by atoms with Crippen molar-refractivity contribution in [2.24, 2.45) is 0 Å². The molecule has 1 N–H and O–H groups in total. The molecule has 2 heterocycles. The Kier molecular flexibility index (Phi) is 4.32. The molecule has 0 fully saturated rings. The molecule has 1 aliphatic rings. The fraction of sp³-hybridized carbons (Fsp3) is 0.125. The first-order valence-electron chi connectivity index (χ1n) is 9.72. The first-order valence-corrected chi connectivity index (χ1v) is 9.72. The first-order chi connectivity index (χ1) is 14.7. The van der Waals surface area contributed by atoms with Crippen LogP contribution in [0, 0.1) is 6.92 Å². The second-order valence-corrected chi connectivity index (χ2v) is 7.23. The van der Waals surface area contributed by atoms with Gasteiger partial charge in [-0.2, -0.15) is 10.1 Å². The molecule has 3 aromatic carbocycles. The number of rotatable bonds is 3. The number of ether oxygens (including phenoxy) is 1. The van der Waals surface area contributed by atoms with Gasteiger partial charge in [0.05, 0.1) is 7.11 Å². The molecule has 30 heavy (non-hydrogen) atoms. The van der Waals surface area contributed by atoms with E-state index in [4.69, 9.17) is 9.84 Å². The van der Waals surface area contributed by atoms with Crippen LogP contribution in [0.5, 0.6) is 5.75 Å². The average Bonchev–Trinajstić information content (AvgIpc) is 2.79. The number of para-hydroxylation sites is 2. The Morgan fingerprint density at radius 2 is 1.70 bits per heavy atom. The monoisotopic (exact) mass is 396 g/mol. The van der Waals surface area contributed by atoms with E-state index in [0.717, 1.165) is 33.7 Å². The number of aromatic nitrogens is 3. The number of hydrogen-bond donors (Lipinski definition) is 1. The lowest BCUT2D eigenvalue weighted by Gasteiger charge is -2.31. The maximum Gasteiger partial charge on any atom is 0.300 e. The van der Waals surface area contributed by atoms with Crippen LogP contribution < -0.4 is 15.6 Å². The molecule has 0 saturated carbocycles. The van der Waals surface area contributed by atoms with Gasteiger partial charge in [-0.15, -0.1) is 0 Å². The topological polar surface area (TPSA) is 69.0 Å². The molecule has 0 spiro atoms. The predicted octanol–water partition coefficient (Wildman–Crippen LogP) is 4.26. The minimum absolute atomic E-state index is 0.319. The molecular formula is C24H20N4O2. The van der Waals surface area contributed by atoms with Crippen molar-refractivity contribution in [3.63, 3.8) is 0 Å². The second kappa shape index (κ2) is 7.15. The molecular weight excluding hydrogens is 376 g/mol. The predicted molar refractivity (Wildman–Crippen MR) is 117 cm³/mol. The maximum absolute atomic E-state index is 12.9. The molecule has 0 bridgehead atoms. The fourth-order valence-corrected chi connectivity index (χ4v) is 3.77. The van der Waals surface area contributed by atoms with E-state index in [0.29, 0.717) is 11.5 Å². The normalized spacial score (nSPS) is 14.4. The molecule has 5 rings (SSSR count). The highest BCUT2D eigenvalue weighted by Crippen LogP contribution is 2.38. The van der Waals surface area contributed by atoms with Gasteiger partial charge in [-0.25, -0.2) is 4.68 Å². The Labute approximate surface area is 173 Å². The third kappa shape index (κ3) is 2.93. The molecule has 6 nitrogen and oxygen atoms in total. The minimum Gasteiger partial charge on any atom is -0.496 e. The summed E-state index contributed by atoms with van der Waals surface area (Å²) in [6.45, 7) is 2.01. The van der Waals surface area contributed by atoms with Crippen LogP contribution in [0.4, 0.5) is 5.69 Å². The maximum atomic E-state index is 12.9. The van der Waals surface area contributed by atoms with Crippen molar-refractivity contribution in [2.75, 3.05) is 12.4 Å². The van der Waals surface area contributed by atoms with Crippen molar-refractivity contribution in [3.05, 3.63) is 94.3 Å². The van der Waals surface area contributed by atoms with Crippen LogP contribution in [0.3, 0.4) is 0 Å². The number of methoxy groups -OCH3 is 1. The van der Waals surface area contributed by atoms with E-state index in [-0.39, 0.29) is 11.7 Å². The van der Waals surface area contributed by atoms with E-state index in [9.17, 15) is 4.79 Å². The Morgan fingerprint density at radius 3 is 2.50 bits per heavy atom. The number of anilines is 1. The van der Waals surface area contributed by atoms with Crippen molar-refractivity contribution in [1.82, 2.24) is 14.8 Å². The number of benzene rings is 3. The van der Waals surface area contributed by atoms with Gasteiger partial charge in [0.1, 0.15) is 5.75 Å². The first kappa shape index (κ1) is 18.1. The molecule has 1 atom stereocenters. The number of hydrogen-bond acceptors (Lipinski definition) is 5. The number of fused-ring (bicyclic) bond motifs is 3. The van der Waals surface area contributed by atoms with Crippen molar-refractivity contribution in [2.45, 2.75) is 13.1 Å². The standard InChI is InChI=1S/C24H20N4O2/c1-15-11-13-16(14-12-15)21-24(29)26-22-17-7-3-5-9-19(17)25-23(28(22)27-21)18-8-4-6-10-20(18)30-2/h3-14,23,25H,1-2H3/t23-/m1/s1. The Bertz CT molecular complexity index is 1300. The van der Waals surface area contributed by atoms with Crippen molar-refractivity contribution >= 4 is 5.69 Å². The summed E-state index contributed by atoms with van der Waals surface area (Å²) >= 11 is 0. The summed E-state index contributed by atoms with van der Waals surface area (Å²) in [5.41, 5.74) is 4.47. The molecule has 0 aliphatic carbocycles. The quantitative estimate of drug-likeness (QED) is 0.560. The van der Waals surface area contributed by atoms with Crippen LogP contribution in [0.25, 0.3) is 22.6 Å². The van der Waals surface area contributed by atoms with Gasteiger partial charge in [0.25, 0.3) is 5.56 Å². The van der Waals surface area contributed by atoms with Crippen LogP contribution in [-0.4, -0.2) is 21.9 Å². The van der Waals surface area contributed by atoms with Crippen LogP contribution >= 0.6 is 0 Å². The van der Waals surface area contributed by atoms with Crippen molar-refractivity contribution in [1.29, 1.82) is 0 Å². The van der Waals surface area contributed by atoms with E-state index in [1.807, 2.05) is 79.7 Å². The van der Waals surface area contributed by atoms with Gasteiger partial charge >= 0.3 is 0 Å². The zero-order valence-electron chi connectivity index (χ0n) is 16.7. The average molecular weight is 396 g/mol. The third-order valence-corrected chi connectivity index (χ3v) is 5.30. The van der Waals surface area contributed by atoms with Gasteiger partial charge in [-0.3, -0.25) is 4.79 Å². The highest BCUT2D eigenvalue weighted by Gasteiger charge is 2.29. The van der Waals surface area contributed by atoms with Gasteiger partial charge in [-0.05, 0) is 25.1 Å². The SMILES string of the molecule is COc1ccccc1[C@@H]1Nc2ccccc2-c2nc(=O)c(-c3ccc(C)cc3)nn21. The van der Waals surface area contributed by atoms with E-state index in [1.54, 1.807) is 11.8 Å². The second-order valence-electron chi connectivity index (χ2n) is 7.23. The summed E-state index contributed by atoms with van der Waals surface area (Å²) in [5.74, 6) is 1.26. The minimum atomic E-state index is -0.372. The summed E-state index contributed by atoms with van der Waals surface area (Å²) in [7, 11) is 1.64.